The number of carbonyl (C=O) groups is 1. The summed E-state index contributed by atoms with van der Waals surface area (Å²) in [4.78, 5) is 12.9. The Morgan fingerprint density at radius 3 is 2.40 bits per heavy atom. The Hall–Kier alpha value is -1.45. The summed E-state index contributed by atoms with van der Waals surface area (Å²) in [6.45, 7) is 0.363. The second-order valence-corrected chi connectivity index (χ2v) is 9.07. The Morgan fingerprint density at radius 1 is 1.04 bits per heavy atom. The first kappa shape index (κ1) is 18.3. The number of anilines is 1. The molecule has 1 N–H and O–H groups in total. The molecule has 1 heterocycles. The topological polar surface area (TPSA) is 66.5 Å². The molecule has 2 aromatic carbocycles. The lowest BCUT2D eigenvalue weighted by atomic mass is 10.0. The van der Waals surface area contributed by atoms with Crippen LogP contribution in [0.15, 0.2) is 59.5 Å². The minimum absolute atomic E-state index is 0.226. The predicted molar refractivity (Wildman–Crippen MR) is 106 cm³/mol. The van der Waals surface area contributed by atoms with E-state index in [-0.39, 0.29) is 10.8 Å². The Bertz CT molecular complexity index is 838. The van der Waals surface area contributed by atoms with Gasteiger partial charge in [0, 0.05) is 15.8 Å². The van der Waals surface area contributed by atoms with Gasteiger partial charge in [0.1, 0.15) is 6.04 Å². The smallest absolute Gasteiger partial charge is 0.243 e. The lowest BCUT2D eigenvalue weighted by molar-refractivity contribution is -0.120. The Labute approximate surface area is 161 Å². The molecule has 1 atom stereocenters. The first-order valence-electron chi connectivity index (χ1n) is 8.12. The normalized spacial score (nSPS) is 18.7. The third-order valence-corrected chi connectivity index (χ3v) is 6.86. The van der Waals surface area contributed by atoms with E-state index >= 15 is 0 Å². The summed E-state index contributed by atoms with van der Waals surface area (Å²) < 4.78 is 28.3. The first-order chi connectivity index (χ1) is 12.0. The fourth-order valence-electron chi connectivity index (χ4n) is 2.94. The van der Waals surface area contributed by atoms with Gasteiger partial charge in [0.2, 0.25) is 15.9 Å². The summed E-state index contributed by atoms with van der Waals surface area (Å²) in [7, 11) is -3.68. The molecule has 0 unspecified atom stereocenters. The van der Waals surface area contributed by atoms with Crippen molar-refractivity contribution in [2.75, 3.05) is 11.9 Å². The molecule has 132 valence electrons. The van der Waals surface area contributed by atoms with Gasteiger partial charge in [-0.15, -0.1) is 0 Å². The molecule has 2 aromatic rings. The van der Waals surface area contributed by atoms with Crippen LogP contribution in [0.2, 0.25) is 0 Å². The maximum atomic E-state index is 12.9. The third kappa shape index (κ3) is 4.21. The number of rotatable bonds is 4. The average molecular weight is 470 g/mol. The van der Waals surface area contributed by atoms with E-state index in [9.17, 15) is 13.2 Å². The van der Waals surface area contributed by atoms with Crippen LogP contribution in [-0.4, -0.2) is 31.2 Å². The molecule has 25 heavy (non-hydrogen) atoms. The number of sulfonamides is 1. The maximum absolute atomic E-state index is 12.9. The fourth-order valence-corrected chi connectivity index (χ4v) is 4.98. The van der Waals surface area contributed by atoms with Crippen LogP contribution in [0.5, 0.6) is 0 Å². The second-order valence-electron chi connectivity index (χ2n) is 5.94. The van der Waals surface area contributed by atoms with Crippen LogP contribution < -0.4 is 5.32 Å². The maximum Gasteiger partial charge on any atom is 0.243 e. The van der Waals surface area contributed by atoms with Crippen molar-refractivity contribution in [3.05, 3.63) is 58.2 Å². The Balaban J connectivity index is 1.83. The molecule has 3 rings (SSSR count). The number of hydrogen-bond acceptors (Lipinski definition) is 3. The van der Waals surface area contributed by atoms with Gasteiger partial charge in [-0.1, -0.05) is 24.6 Å². The molecule has 0 radical (unpaired) electrons. The molecule has 0 aliphatic carbocycles. The van der Waals surface area contributed by atoms with E-state index < -0.39 is 16.1 Å². The minimum Gasteiger partial charge on any atom is -0.325 e. The number of halogens is 1. The number of nitrogens with one attached hydrogen (secondary N) is 1. The van der Waals surface area contributed by atoms with Crippen molar-refractivity contribution in [2.24, 2.45) is 0 Å². The number of carbonyl (C=O) groups excluding carboxylic acids is 1. The van der Waals surface area contributed by atoms with Crippen LogP contribution in [0, 0.1) is 3.57 Å². The zero-order valence-corrected chi connectivity index (χ0v) is 16.5. The fraction of sp³-hybridized carbons (Fsp3) is 0.278. The van der Waals surface area contributed by atoms with Crippen molar-refractivity contribution >= 4 is 44.2 Å². The number of amides is 1. The highest BCUT2D eigenvalue weighted by Gasteiger charge is 2.37. The molecular weight excluding hydrogens is 451 g/mol. The summed E-state index contributed by atoms with van der Waals surface area (Å²) in [5.41, 5.74) is 0.674. The SMILES string of the molecule is O=C(Nc1ccc(I)cc1)[C@@H]1CCCCN1S(=O)(=O)c1ccccc1. The van der Waals surface area contributed by atoms with E-state index in [1.54, 1.807) is 30.3 Å². The van der Waals surface area contributed by atoms with Gasteiger partial charge in [-0.2, -0.15) is 4.31 Å². The standard InChI is InChI=1S/C18H19IN2O3S/c19-14-9-11-15(12-10-14)20-18(22)17-8-4-5-13-21(17)25(23,24)16-6-2-1-3-7-16/h1-3,6-7,9-12,17H,4-5,8,13H2,(H,20,22)/t17-/m0/s1. The highest BCUT2D eigenvalue weighted by molar-refractivity contribution is 14.1. The van der Waals surface area contributed by atoms with E-state index in [4.69, 9.17) is 0 Å². The van der Waals surface area contributed by atoms with E-state index in [1.165, 1.54) is 4.31 Å². The largest absolute Gasteiger partial charge is 0.325 e. The molecule has 1 amide bonds. The number of nitrogens with zero attached hydrogens (tertiary/aromatic N) is 1. The molecule has 1 fully saturated rings. The Morgan fingerprint density at radius 2 is 1.72 bits per heavy atom. The quantitative estimate of drug-likeness (QED) is 0.697. The summed E-state index contributed by atoms with van der Waals surface area (Å²) >= 11 is 2.19. The minimum atomic E-state index is -3.68. The summed E-state index contributed by atoms with van der Waals surface area (Å²) in [6.07, 6.45) is 2.13. The molecule has 0 spiro atoms. The monoisotopic (exact) mass is 470 g/mol. The average Bonchev–Trinajstić information content (AvgIpc) is 2.64. The Kier molecular flexibility index (Phi) is 5.75. The van der Waals surface area contributed by atoms with Crippen molar-refractivity contribution in [3.8, 4) is 0 Å². The summed E-state index contributed by atoms with van der Waals surface area (Å²) in [6, 6.07) is 15.0. The zero-order valence-electron chi connectivity index (χ0n) is 13.6. The van der Waals surface area contributed by atoms with Gasteiger partial charge in [-0.25, -0.2) is 8.42 Å². The summed E-state index contributed by atoms with van der Waals surface area (Å²) in [5.74, 6) is -0.277. The van der Waals surface area contributed by atoms with Crippen LogP contribution in [0.1, 0.15) is 19.3 Å². The predicted octanol–water partition coefficient (Wildman–Crippen LogP) is 3.47. The molecule has 5 nitrogen and oxygen atoms in total. The van der Waals surface area contributed by atoms with E-state index in [1.807, 2.05) is 24.3 Å². The van der Waals surface area contributed by atoms with Gasteiger partial charge in [0.25, 0.3) is 0 Å². The van der Waals surface area contributed by atoms with Gasteiger partial charge in [0.05, 0.1) is 4.90 Å². The highest BCUT2D eigenvalue weighted by Crippen LogP contribution is 2.26. The van der Waals surface area contributed by atoms with Gasteiger partial charge >= 0.3 is 0 Å². The first-order valence-corrected chi connectivity index (χ1v) is 10.6. The molecule has 1 aliphatic heterocycles. The van der Waals surface area contributed by atoms with Gasteiger partial charge < -0.3 is 5.32 Å². The van der Waals surface area contributed by atoms with Crippen molar-refractivity contribution in [2.45, 2.75) is 30.2 Å². The highest BCUT2D eigenvalue weighted by atomic mass is 127. The van der Waals surface area contributed by atoms with Gasteiger partial charge in [-0.3, -0.25) is 4.79 Å². The molecule has 0 aromatic heterocycles. The molecule has 0 bridgehead atoms. The van der Waals surface area contributed by atoms with Crippen LogP contribution >= 0.6 is 22.6 Å². The van der Waals surface area contributed by atoms with Crippen molar-refractivity contribution in [1.82, 2.24) is 4.31 Å². The number of hydrogen-bond donors (Lipinski definition) is 1. The lowest BCUT2D eigenvalue weighted by Crippen LogP contribution is -2.49. The molecule has 1 aliphatic rings. The number of piperidine rings is 1. The molecule has 7 heteroatoms. The lowest BCUT2D eigenvalue weighted by Gasteiger charge is -2.33. The molecule has 0 saturated carbocycles. The third-order valence-electron chi connectivity index (χ3n) is 4.22. The number of benzene rings is 2. The molecule has 1 saturated heterocycles. The van der Waals surface area contributed by atoms with Crippen molar-refractivity contribution in [1.29, 1.82) is 0 Å². The van der Waals surface area contributed by atoms with E-state index in [0.717, 1.165) is 16.4 Å². The van der Waals surface area contributed by atoms with Crippen LogP contribution in [0.25, 0.3) is 0 Å². The van der Waals surface area contributed by atoms with Crippen molar-refractivity contribution in [3.63, 3.8) is 0 Å². The van der Waals surface area contributed by atoms with Crippen LogP contribution in [-0.2, 0) is 14.8 Å². The van der Waals surface area contributed by atoms with Gasteiger partial charge in [-0.05, 0) is 71.8 Å². The van der Waals surface area contributed by atoms with Crippen molar-refractivity contribution < 1.29 is 13.2 Å². The second kappa shape index (κ2) is 7.84. The zero-order chi connectivity index (χ0) is 17.9. The van der Waals surface area contributed by atoms with Crippen LogP contribution in [0.4, 0.5) is 5.69 Å². The van der Waals surface area contributed by atoms with Crippen LogP contribution in [0.3, 0.4) is 0 Å². The molecular formula is C18H19IN2O3S. The van der Waals surface area contributed by atoms with Gasteiger partial charge in [0.15, 0.2) is 0 Å². The van der Waals surface area contributed by atoms with E-state index in [2.05, 4.69) is 27.9 Å². The van der Waals surface area contributed by atoms with E-state index in [0.29, 0.717) is 18.7 Å². The summed E-state index contributed by atoms with van der Waals surface area (Å²) in [5, 5.41) is 2.84.